The fraction of sp³-hybridized carbons (Fsp3) is 0.222. The molecule has 0 radical (unpaired) electrons. The molecule has 130 valence electrons. The number of amides is 2. The molecule has 2 amide bonds. The average Bonchev–Trinajstić information content (AvgIpc) is 2.61. The minimum atomic E-state index is -0.247. The standard InChI is InChI=1S/C18H16Cl2N2O3/c19-13-5-3-4-12(18(13)20)8-9-21-16(23)10-22-14-6-1-2-7-15(14)25-11-17(22)24/h1-7H,8-11H2,(H,21,23). The molecule has 0 saturated carbocycles. The number of carbonyl (C=O) groups excluding carboxylic acids is 2. The van der Waals surface area contributed by atoms with Crippen LogP contribution in [-0.4, -0.2) is 31.5 Å². The highest BCUT2D eigenvalue weighted by molar-refractivity contribution is 6.42. The summed E-state index contributed by atoms with van der Waals surface area (Å²) in [6.07, 6.45) is 0.554. The third-order valence-corrected chi connectivity index (χ3v) is 4.72. The molecular weight excluding hydrogens is 363 g/mol. The summed E-state index contributed by atoms with van der Waals surface area (Å²) in [5.41, 5.74) is 1.47. The van der Waals surface area contributed by atoms with Gasteiger partial charge in [0.25, 0.3) is 5.91 Å². The second-order valence-electron chi connectivity index (χ2n) is 5.55. The van der Waals surface area contributed by atoms with Crippen LogP contribution in [0.2, 0.25) is 10.0 Å². The first kappa shape index (κ1) is 17.6. The summed E-state index contributed by atoms with van der Waals surface area (Å²) in [6.45, 7) is 0.282. The van der Waals surface area contributed by atoms with Crippen LogP contribution < -0.4 is 15.0 Å². The lowest BCUT2D eigenvalue weighted by Gasteiger charge is -2.28. The normalized spacial score (nSPS) is 13.2. The maximum absolute atomic E-state index is 12.2. The molecule has 0 atom stereocenters. The highest BCUT2D eigenvalue weighted by Gasteiger charge is 2.26. The van der Waals surface area contributed by atoms with E-state index in [2.05, 4.69) is 5.32 Å². The first-order valence-corrected chi connectivity index (χ1v) is 8.53. The monoisotopic (exact) mass is 378 g/mol. The van der Waals surface area contributed by atoms with Crippen LogP contribution in [0.4, 0.5) is 5.69 Å². The Labute approximate surface area is 155 Å². The van der Waals surface area contributed by atoms with E-state index in [0.717, 1.165) is 5.56 Å². The predicted molar refractivity (Wildman–Crippen MR) is 97.5 cm³/mol. The molecule has 0 spiro atoms. The SMILES string of the molecule is O=C(CN1C(=O)COc2ccccc21)NCCc1cccc(Cl)c1Cl. The fourth-order valence-corrected chi connectivity index (χ4v) is 3.02. The number of rotatable bonds is 5. The van der Waals surface area contributed by atoms with Crippen LogP contribution >= 0.6 is 23.2 Å². The lowest BCUT2D eigenvalue weighted by molar-refractivity contribution is -0.125. The van der Waals surface area contributed by atoms with E-state index in [1.165, 1.54) is 4.90 Å². The lowest BCUT2D eigenvalue weighted by Crippen LogP contribution is -2.45. The van der Waals surface area contributed by atoms with Gasteiger partial charge in [-0.2, -0.15) is 0 Å². The van der Waals surface area contributed by atoms with Crippen LogP contribution in [-0.2, 0) is 16.0 Å². The van der Waals surface area contributed by atoms with Crippen LogP contribution in [0.3, 0.4) is 0 Å². The van der Waals surface area contributed by atoms with Gasteiger partial charge >= 0.3 is 0 Å². The van der Waals surface area contributed by atoms with Crippen LogP contribution in [0, 0.1) is 0 Å². The molecule has 0 fully saturated rings. The molecule has 0 aliphatic carbocycles. The Bertz CT molecular complexity index is 811. The fourth-order valence-electron chi connectivity index (χ4n) is 2.60. The summed E-state index contributed by atoms with van der Waals surface area (Å²) in [6, 6.07) is 12.5. The quantitative estimate of drug-likeness (QED) is 0.869. The number of para-hydroxylation sites is 2. The average molecular weight is 379 g/mol. The Morgan fingerprint density at radius 3 is 2.80 bits per heavy atom. The first-order chi connectivity index (χ1) is 12.1. The zero-order valence-corrected chi connectivity index (χ0v) is 14.8. The van der Waals surface area contributed by atoms with Crippen molar-refractivity contribution < 1.29 is 14.3 Å². The Morgan fingerprint density at radius 2 is 1.96 bits per heavy atom. The minimum Gasteiger partial charge on any atom is -0.482 e. The van der Waals surface area contributed by atoms with E-state index in [9.17, 15) is 9.59 Å². The van der Waals surface area contributed by atoms with Crippen molar-refractivity contribution in [2.45, 2.75) is 6.42 Å². The second kappa shape index (κ2) is 7.76. The molecule has 2 aromatic rings. The highest BCUT2D eigenvalue weighted by Crippen LogP contribution is 2.31. The van der Waals surface area contributed by atoms with Crippen molar-refractivity contribution in [1.29, 1.82) is 0 Å². The lowest BCUT2D eigenvalue weighted by atomic mass is 10.1. The third-order valence-electron chi connectivity index (χ3n) is 3.86. The van der Waals surface area contributed by atoms with Gasteiger partial charge in [-0.25, -0.2) is 0 Å². The van der Waals surface area contributed by atoms with Gasteiger partial charge in [-0.1, -0.05) is 47.5 Å². The number of anilines is 1. The van der Waals surface area contributed by atoms with E-state index in [4.69, 9.17) is 27.9 Å². The van der Waals surface area contributed by atoms with Crippen LogP contribution in [0.15, 0.2) is 42.5 Å². The Kier molecular flexibility index (Phi) is 5.46. The smallest absolute Gasteiger partial charge is 0.265 e. The van der Waals surface area contributed by atoms with E-state index < -0.39 is 0 Å². The highest BCUT2D eigenvalue weighted by atomic mass is 35.5. The first-order valence-electron chi connectivity index (χ1n) is 7.78. The van der Waals surface area contributed by atoms with Gasteiger partial charge in [0.2, 0.25) is 5.91 Å². The number of nitrogens with zero attached hydrogens (tertiary/aromatic N) is 1. The van der Waals surface area contributed by atoms with Gasteiger partial charge in [0.05, 0.1) is 15.7 Å². The van der Waals surface area contributed by atoms with Crippen molar-refractivity contribution in [2.75, 3.05) is 24.6 Å². The summed E-state index contributed by atoms with van der Waals surface area (Å²) in [4.78, 5) is 25.7. The van der Waals surface area contributed by atoms with Crippen molar-refractivity contribution in [1.82, 2.24) is 5.32 Å². The number of nitrogens with one attached hydrogen (secondary N) is 1. The number of carbonyl (C=O) groups is 2. The second-order valence-corrected chi connectivity index (χ2v) is 6.33. The van der Waals surface area contributed by atoms with Crippen molar-refractivity contribution in [3.8, 4) is 5.75 Å². The summed E-state index contributed by atoms with van der Waals surface area (Å²) in [5, 5.41) is 3.78. The van der Waals surface area contributed by atoms with E-state index in [-0.39, 0.29) is 25.0 Å². The van der Waals surface area contributed by atoms with Gasteiger partial charge in [-0.05, 0) is 30.2 Å². The maximum Gasteiger partial charge on any atom is 0.265 e. The van der Waals surface area contributed by atoms with Crippen molar-refractivity contribution >= 4 is 40.7 Å². The van der Waals surface area contributed by atoms with Gasteiger partial charge in [0.15, 0.2) is 6.61 Å². The number of ether oxygens (including phenoxy) is 1. The van der Waals surface area contributed by atoms with Crippen LogP contribution in [0.25, 0.3) is 0 Å². The maximum atomic E-state index is 12.2. The molecule has 7 heteroatoms. The number of hydrogen-bond acceptors (Lipinski definition) is 3. The topological polar surface area (TPSA) is 58.6 Å². The molecule has 0 unspecified atom stereocenters. The van der Waals surface area contributed by atoms with Gasteiger partial charge in [-0.15, -0.1) is 0 Å². The molecule has 0 bridgehead atoms. The van der Waals surface area contributed by atoms with Crippen molar-refractivity contribution in [3.05, 3.63) is 58.1 Å². The van der Waals surface area contributed by atoms with Crippen LogP contribution in [0.1, 0.15) is 5.56 Å². The van der Waals surface area contributed by atoms with Gasteiger partial charge in [0.1, 0.15) is 12.3 Å². The molecule has 5 nitrogen and oxygen atoms in total. The zero-order valence-electron chi connectivity index (χ0n) is 13.3. The number of fused-ring (bicyclic) bond motifs is 1. The summed E-state index contributed by atoms with van der Waals surface area (Å²) in [7, 11) is 0. The molecule has 1 aliphatic rings. The third kappa shape index (κ3) is 4.06. The molecule has 25 heavy (non-hydrogen) atoms. The summed E-state index contributed by atoms with van der Waals surface area (Å²) >= 11 is 12.1. The number of hydrogen-bond donors (Lipinski definition) is 1. The Hall–Kier alpha value is -2.24. The van der Waals surface area contributed by atoms with Crippen molar-refractivity contribution in [3.63, 3.8) is 0 Å². The minimum absolute atomic E-state index is 0.0531. The van der Waals surface area contributed by atoms with Crippen molar-refractivity contribution in [2.24, 2.45) is 0 Å². The molecule has 3 rings (SSSR count). The summed E-state index contributed by atoms with van der Waals surface area (Å²) < 4.78 is 5.36. The molecular formula is C18H16Cl2N2O3. The van der Waals surface area contributed by atoms with E-state index in [1.54, 1.807) is 24.3 Å². The Morgan fingerprint density at radius 1 is 1.16 bits per heavy atom. The van der Waals surface area contributed by atoms with E-state index in [1.807, 2.05) is 18.2 Å². The molecule has 1 aliphatic heterocycles. The van der Waals surface area contributed by atoms with Gasteiger partial charge in [-0.3, -0.25) is 14.5 Å². The van der Waals surface area contributed by atoms with E-state index in [0.29, 0.717) is 34.4 Å². The van der Waals surface area contributed by atoms with E-state index >= 15 is 0 Å². The molecule has 1 N–H and O–H groups in total. The number of halogens is 2. The summed E-state index contributed by atoms with van der Waals surface area (Å²) in [5.74, 6) is 0.107. The number of benzene rings is 2. The van der Waals surface area contributed by atoms with Gasteiger partial charge < -0.3 is 10.1 Å². The Balaban J connectivity index is 1.58. The molecule has 1 heterocycles. The molecule has 0 aromatic heterocycles. The molecule has 2 aromatic carbocycles. The molecule has 0 saturated heterocycles. The largest absolute Gasteiger partial charge is 0.482 e. The van der Waals surface area contributed by atoms with Gasteiger partial charge in [0, 0.05) is 6.54 Å². The predicted octanol–water partition coefficient (Wildman–Crippen LogP) is 3.08. The van der Waals surface area contributed by atoms with Crippen LogP contribution in [0.5, 0.6) is 5.75 Å². The zero-order chi connectivity index (χ0) is 17.8.